The van der Waals surface area contributed by atoms with Crippen LogP contribution < -0.4 is 10.1 Å². The first kappa shape index (κ1) is 14.5. The van der Waals surface area contributed by atoms with Gasteiger partial charge in [-0.3, -0.25) is 4.98 Å². The summed E-state index contributed by atoms with van der Waals surface area (Å²) < 4.78 is 5.89. The Balaban J connectivity index is 2.07. The number of hydrogen-bond donors (Lipinski definition) is 1. The number of pyridine rings is 1. The fourth-order valence-corrected chi connectivity index (χ4v) is 2.03. The fraction of sp³-hybridized carbons (Fsp3) is 0.353. The van der Waals surface area contributed by atoms with Crippen molar-refractivity contribution in [3.63, 3.8) is 0 Å². The van der Waals surface area contributed by atoms with Gasteiger partial charge in [-0.15, -0.1) is 0 Å². The maximum absolute atomic E-state index is 5.89. The van der Waals surface area contributed by atoms with E-state index in [4.69, 9.17) is 4.74 Å². The van der Waals surface area contributed by atoms with Crippen molar-refractivity contribution < 1.29 is 4.74 Å². The number of hydrogen-bond acceptors (Lipinski definition) is 3. The van der Waals surface area contributed by atoms with Crippen LogP contribution in [0.4, 0.5) is 0 Å². The quantitative estimate of drug-likeness (QED) is 0.806. The number of aryl methyl sites for hydroxylation is 2. The molecule has 0 aliphatic carbocycles. The highest BCUT2D eigenvalue weighted by atomic mass is 16.5. The predicted octanol–water partition coefficient (Wildman–Crippen LogP) is 3.99. The standard InChI is InChI=1S/C17H22N2O/c1-4-9-18-12-15-7-8-16(11-13(15)2)20-17-6-5-10-19-14(17)3/h5-8,10-11,18H,4,9,12H2,1-3H3. The Labute approximate surface area is 121 Å². The lowest BCUT2D eigenvalue weighted by Gasteiger charge is -2.11. The molecule has 3 heteroatoms. The first-order chi connectivity index (χ1) is 9.70. The monoisotopic (exact) mass is 270 g/mol. The van der Waals surface area contributed by atoms with E-state index < -0.39 is 0 Å². The molecule has 0 saturated carbocycles. The average Bonchev–Trinajstić information content (AvgIpc) is 2.44. The van der Waals surface area contributed by atoms with Crippen molar-refractivity contribution >= 4 is 0 Å². The Morgan fingerprint density at radius 1 is 1.20 bits per heavy atom. The molecule has 0 fully saturated rings. The molecule has 2 rings (SSSR count). The van der Waals surface area contributed by atoms with Crippen LogP contribution in [0.25, 0.3) is 0 Å². The highest BCUT2D eigenvalue weighted by molar-refractivity contribution is 5.38. The largest absolute Gasteiger partial charge is 0.455 e. The molecule has 106 valence electrons. The minimum absolute atomic E-state index is 0.809. The summed E-state index contributed by atoms with van der Waals surface area (Å²) >= 11 is 0. The molecule has 1 heterocycles. The Morgan fingerprint density at radius 2 is 2.05 bits per heavy atom. The SMILES string of the molecule is CCCNCc1ccc(Oc2cccnc2C)cc1C. The maximum Gasteiger partial charge on any atom is 0.148 e. The topological polar surface area (TPSA) is 34.1 Å². The van der Waals surface area contributed by atoms with Crippen molar-refractivity contribution in [3.05, 3.63) is 53.3 Å². The van der Waals surface area contributed by atoms with Crippen LogP contribution in [0.2, 0.25) is 0 Å². The molecule has 2 aromatic rings. The third-order valence-corrected chi connectivity index (χ3v) is 3.24. The van der Waals surface area contributed by atoms with Crippen molar-refractivity contribution in [3.8, 4) is 11.5 Å². The van der Waals surface area contributed by atoms with Crippen molar-refractivity contribution in [1.82, 2.24) is 10.3 Å². The molecule has 1 aromatic carbocycles. The number of rotatable bonds is 6. The third-order valence-electron chi connectivity index (χ3n) is 3.24. The van der Waals surface area contributed by atoms with E-state index >= 15 is 0 Å². The van der Waals surface area contributed by atoms with Crippen molar-refractivity contribution in [2.75, 3.05) is 6.54 Å². The van der Waals surface area contributed by atoms with Crippen molar-refractivity contribution in [1.29, 1.82) is 0 Å². The van der Waals surface area contributed by atoms with E-state index in [1.165, 1.54) is 11.1 Å². The molecule has 1 aromatic heterocycles. The molecule has 0 aliphatic heterocycles. The van der Waals surface area contributed by atoms with Crippen LogP contribution in [0.15, 0.2) is 36.5 Å². The molecular weight excluding hydrogens is 248 g/mol. The Morgan fingerprint density at radius 3 is 2.75 bits per heavy atom. The van der Waals surface area contributed by atoms with Gasteiger partial charge in [0.1, 0.15) is 11.5 Å². The number of nitrogens with one attached hydrogen (secondary N) is 1. The zero-order valence-corrected chi connectivity index (χ0v) is 12.4. The lowest BCUT2D eigenvalue weighted by atomic mass is 10.1. The lowest BCUT2D eigenvalue weighted by Crippen LogP contribution is -2.14. The molecule has 0 unspecified atom stereocenters. The minimum Gasteiger partial charge on any atom is -0.455 e. The van der Waals surface area contributed by atoms with Crippen LogP contribution in [-0.4, -0.2) is 11.5 Å². The van der Waals surface area contributed by atoms with Gasteiger partial charge in [0.05, 0.1) is 5.69 Å². The zero-order valence-electron chi connectivity index (χ0n) is 12.4. The third kappa shape index (κ3) is 3.81. The molecule has 0 aliphatic rings. The normalized spacial score (nSPS) is 10.6. The summed E-state index contributed by atoms with van der Waals surface area (Å²) in [6, 6.07) is 10.0. The van der Waals surface area contributed by atoms with E-state index in [1.54, 1.807) is 6.20 Å². The second-order valence-corrected chi connectivity index (χ2v) is 4.95. The Kier molecular flexibility index (Phi) is 5.13. The molecule has 0 radical (unpaired) electrons. The van der Waals surface area contributed by atoms with Gasteiger partial charge in [0.15, 0.2) is 0 Å². The van der Waals surface area contributed by atoms with Crippen LogP contribution in [0.1, 0.15) is 30.2 Å². The van der Waals surface area contributed by atoms with Gasteiger partial charge in [0.2, 0.25) is 0 Å². The second-order valence-electron chi connectivity index (χ2n) is 4.95. The van der Waals surface area contributed by atoms with E-state index in [0.29, 0.717) is 0 Å². The van der Waals surface area contributed by atoms with Crippen molar-refractivity contribution in [2.45, 2.75) is 33.7 Å². The maximum atomic E-state index is 5.89. The highest BCUT2D eigenvalue weighted by Crippen LogP contribution is 2.25. The van der Waals surface area contributed by atoms with Gasteiger partial charge in [-0.2, -0.15) is 0 Å². The van der Waals surface area contributed by atoms with E-state index in [9.17, 15) is 0 Å². The Hall–Kier alpha value is -1.87. The van der Waals surface area contributed by atoms with E-state index in [2.05, 4.69) is 36.3 Å². The van der Waals surface area contributed by atoms with Gasteiger partial charge < -0.3 is 10.1 Å². The molecule has 0 amide bonds. The summed E-state index contributed by atoms with van der Waals surface area (Å²) in [7, 11) is 0. The minimum atomic E-state index is 0.809. The summed E-state index contributed by atoms with van der Waals surface area (Å²) in [4.78, 5) is 4.23. The first-order valence-electron chi connectivity index (χ1n) is 7.10. The molecule has 3 nitrogen and oxygen atoms in total. The zero-order chi connectivity index (χ0) is 14.4. The second kappa shape index (κ2) is 7.06. The van der Waals surface area contributed by atoms with Gasteiger partial charge in [-0.1, -0.05) is 13.0 Å². The van der Waals surface area contributed by atoms with E-state index in [0.717, 1.165) is 36.7 Å². The first-order valence-corrected chi connectivity index (χ1v) is 7.10. The van der Waals surface area contributed by atoms with Crippen LogP contribution in [-0.2, 0) is 6.54 Å². The van der Waals surface area contributed by atoms with Crippen molar-refractivity contribution in [2.24, 2.45) is 0 Å². The summed E-state index contributed by atoms with van der Waals surface area (Å²) in [5, 5.41) is 3.42. The van der Waals surface area contributed by atoms with Gasteiger partial charge >= 0.3 is 0 Å². The molecule has 20 heavy (non-hydrogen) atoms. The lowest BCUT2D eigenvalue weighted by molar-refractivity contribution is 0.475. The summed E-state index contributed by atoms with van der Waals surface area (Å²) in [6.07, 6.45) is 2.93. The molecular formula is C17H22N2O. The van der Waals surface area contributed by atoms with Crippen LogP contribution in [0, 0.1) is 13.8 Å². The summed E-state index contributed by atoms with van der Waals surface area (Å²) in [6.45, 7) is 8.20. The summed E-state index contributed by atoms with van der Waals surface area (Å²) in [5.41, 5.74) is 3.46. The number of ether oxygens (including phenoxy) is 1. The molecule has 0 bridgehead atoms. The fourth-order valence-electron chi connectivity index (χ4n) is 2.03. The van der Waals surface area contributed by atoms with Gasteiger partial charge in [-0.25, -0.2) is 0 Å². The smallest absolute Gasteiger partial charge is 0.148 e. The molecule has 0 atom stereocenters. The average molecular weight is 270 g/mol. The predicted molar refractivity (Wildman–Crippen MR) is 82.2 cm³/mol. The van der Waals surface area contributed by atoms with Crippen LogP contribution in [0.3, 0.4) is 0 Å². The Bertz CT molecular complexity index is 567. The van der Waals surface area contributed by atoms with Crippen LogP contribution >= 0.6 is 0 Å². The molecule has 0 saturated heterocycles. The van der Waals surface area contributed by atoms with Crippen LogP contribution in [0.5, 0.6) is 11.5 Å². The van der Waals surface area contributed by atoms with E-state index in [1.807, 2.05) is 25.1 Å². The van der Waals surface area contributed by atoms with Gasteiger partial charge in [0.25, 0.3) is 0 Å². The highest BCUT2D eigenvalue weighted by Gasteiger charge is 2.04. The van der Waals surface area contributed by atoms with Gasteiger partial charge in [-0.05, 0) is 62.2 Å². The molecule has 1 N–H and O–H groups in total. The van der Waals surface area contributed by atoms with E-state index in [-0.39, 0.29) is 0 Å². The van der Waals surface area contributed by atoms with Gasteiger partial charge in [0, 0.05) is 12.7 Å². The number of benzene rings is 1. The molecule has 0 spiro atoms. The summed E-state index contributed by atoms with van der Waals surface area (Å²) in [5.74, 6) is 1.67. The number of nitrogens with zero attached hydrogens (tertiary/aromatic N) is 1. The number of aromatic nitrogens is 1.